The molecule has 0 heterocycles. The minimum atomic E-state index is -0.873. The Balaban J connectivity index is 1.82. The summed E-state index contributed by atoms with van der Waals surface area (Å²) in [6, 6.07) is 17.5. The van der Waals surface area contributed by atoms with Crippen molar-refractivity contribution in [3.63, 3.8) is 0 Å². The van der Waals surface area contributed by atoms with E-state index >= 15 is 0 Å². The second-order valence-electron chi connectivity index (χ2n) is 7.45. The van der Waals surface area contributed by atoms with Crippen molar-refractivity contribution < 1.29 is 19.4 Å². The molecule has 3 unspecified atom stereocenters. The molecule has 0 spiro atoms. The number of para-hydroxylation sites is 1. The fraction of sp³-hybridized carbons (Fsp3) is 0.391. The SMILES string of the molecule is COc1ccccc1CC(C)N(Cc1ccccc1)C(=O)C1CCC1C(=O)O. The summed E-state index contributed by atoms with van der Waals surface area (Å²) in [5.74, 6) is -1.13. The van der Waals surface area contributed by atoms with Gasteiger partial charge in [-0.05, 0) is 43.4 Å². The standard InChI is InChI=1S/C23H27NO4/c1-16(14-18-10-6-7-11-21(18)28-2)24(15-17-8-4-3-5-9-17)22(25)19-12-13-20(19)23(26)27/h3-11,16,19-20H,12-15H2,1-2H3,(H,26,27). The predicted octanol–water partition coefficient (Wildman–Crippen LogP) is 3.77. The minimum absolute atomic E-state index is 0.0649. The molecule has 0 bridgehead atoms. The van der Waals surface area contributed by atoms with E-state index in [4.69, 9.17) is 4.74 Å². The van der Waals surface area contributed by atoms with Gasteiger partial charge < -0.3 is 14.7 Å². The molecule has 1 saturated carbocycles. The molecule has 1 fully saturated rings. The quantitative estimate of drug-likeness (QED) is 0.756. The average molecular weight is 381 g/mol. The van der Waals surface area contributed by atoms with Crippen LogP contribution in [0.3, 0.4) is 0 Å². The van der Waals surface area contributed by atoms with Crippen LogP contribution in [0.2, 0.25) is 0 Å². The van der Waals surface area contributed by atoms with Gasteiger partial charge in [0.1, 0.15) is 5.75 Å². The number of carbonyl (C=O) groups excluding carboxylic acids is 1. The number of rotatable bonds is 8. The molecule has 148 valence electrons. The van der Waals surface area contributed by atoms with Crippen LogP contribution in [0.1, 0.15) is 30.9 Å². The maximum absolute atomic E-state index is 13.3. The summed E-state index contributed by atoms with van der Waals surface area (Å²) < 4.78 is 5.45. The largest absolute Gasteiger partial charge is 0.496 e. The van der Waals surface area contributed by atoms with Gasteiger partial charge in [-0.1, -0.05) is 48.5 Å². The topological polar surface area (TPSA) is 66.8 Å². The molecule has 1 N–H and O–H groups in total. The molecule has 1 aliphatic rings. The second kappa shape index (κ2) is 8.91. The van der Waals surface area contributed by atoms with Crippen LogP contribution < -0.4 is 4.74 Å². The molecule has 5 nitrogen and oxygen atoms in total. The van der Waals surface area contributed by atoms with E-state index in [-0.39, 0.29) is 11.9 Å². The highest BCUT2D eigenvalue weighted by molar-refractivity contribution is 5.86. The molecule has 28 heavy (non-hydrogen) atoms. The smallest absolute Gasteiger partial charge is 0.307 e. The Morgan fingerprint density at radius 3 is 2.32 bits per heavy atom. The van der Waals surface area contributed by atoms with E-state index in [1.165, 1.54) is 0 Å². The van der Waals surface area contributed by atoms with Gasteiger partial charge in [-0.25, -0.2) is 0 Å². The highest BCUT2D eigenvalue weighted by Crippen LogP contribution is 2.37. The van der Waals surface area contributed by atoms with E-state index in [1.807, 2.05) is 66.4 Å². The first-order valence-electron chi connectivity index (χ1n) is 9.70. The van der Waals surface area contributed by atoms with Crippen LogP contribution in [-0.2, 0) is 22.6 Å². The maximum atomic E-state index is 13.3. The zero-order valence-electron chi connectivity index (χ0n) is 16.4. The van der Waals surface area contributed by atoms with Gasteiger partial charge in [0.2, 0.25) is 5.91 Å². The third-order valence-electron chi connectivity index (χ3n) is 5.63. The van der Waals surface area contributed by atoms with E-state index in [0.717, 1.165) is 16.9 Å². The van der Waals surface area contributed by atoms with Gasteiger partial charge in [-0.3, -0.25) is 9.59 Å². The lowest BCUT2D eigenvalue weighted by Gasteiger charge is -2.39. The molecular formula is C23H27NO4. The highest BCUT2D eigenvalue weighted by Gasteiger charge is 2.43. The van der Waals surface area contributed by atoms with E-state index < -0.39 is 17.8 Å². The Labute approximate surface area is 165 Å². The van der Waals surface area contributed by atoms with Gasteiger partial charge in [-0.15, -0.1) is 0 Å². The van der Waals surface area contributed by atoms with Crippen molar-refractivity contribution in [1.29, 1.82) is 0 Å². The molecule has 2 aromatic rings. The van der Waals surface area contributed by atoms with Crippen molar-refractivity contribution >= 4 is 11.9 Å². The number of carbonyl (C=O) groups is 2. The molecule has 0 aliphatic heterocycles. The van der Waals surface area contributed by atoms with Crippen LogP contribution in [0, 0.1) is 11.8 Å². The normalized spacial score (nSPS) is 19.4. The van der Waals surface area contributed by atoms with Crippen molar-refractivity contribution in [2.75, 3.05) is 7.11 Å². The zero-order chi connectivity index (χ0) is 20.1. The predicted molar refractivity (Wildman–Crippen MR) is 107 cm³/mol. The van der Waals surface area contributed by atoms with Gasteiger partial charge in [0.15, 0.2) is 0 Å². The number of benzene rings is 2. The second-order valence-corrected chi connectivity index (χ2v) is 7.45. The summed E-state index contributed by atoms with van der Waals surface area (Å²) in [5, 5.41) is 9.38. The van der Waals surface area contributed by atoms with Gasteiger partial charge in [0, 0.05) is 12.6 Å². The van der Waals surface area contributed by atoms with Gasteiger partial charge in [-0.2, -0.15) is 0 Å². The van der Waals surface area contributed by atoms with Crippen molar-refractivity contribution in [2.45, 2.75) is 38.8 Å². The lowest BCUT2D eigenvalue weighted by molar-refractivity contribution is -0.158. The lowest BCUT2D eigenvalue weighted by Crippen LogP contribution is -2.49. The number of methoxy groups -OCH3 is 1. The highest BCUT2D eigenvalue weighted by atomic mass is 16.5. The molecular weight excluding hydrogens is 354 g/mol. The Hall–Kier alpha value is -2.82. The fourth-order valence-corrected chi connectivity index (χ4v) is 3.84. The van der Waals surface area contributed by atoms with Crippen LogP contribution in [0.25, 0.3) is 0 Å². The van der Waals surface area contributed by atoms with E-state index in [0.29, 0.717) is 25.8 Å². The van der Waals surface area contributed by atoms with E-state index in [9.17, 15) is 14.7 Å². The number of hydrogen-bond acceptors (Lipinski definition) is 3. The first-order valence-corrected chi connectivity index (χ1v) is 9.70. The monoisotopic (exact) mass is 381 g/mol. The summed E-state index contributed by atoms with van der Waals surface area (Å²) in [7, 11) is 1.64. The number of amides is 1. The minimum Gasteiger partial charge on any atom is -0.496 e. The molecule has 0 saturated heterocycles. The Morgan fingerprint density at radius 2 is 1.71 bits per heavy atom. The van der Waals surface area contributed by atoms with Crippen LogP contribution >= 0.6 is 0 Å². The Bertz CT molecular complexity index is 820. The van der Waals surface area contributed by atoms with Gasteiger partial charge in [0.05, 0.1) is 18.9 Å². The van der Waals surface area contributed by atoms with Crippen LogP contribution in [0.4, 0.5) is 0 Å². The molecule has 3 rings (SSSR count). The number of ether oxygens (including phenoxy) is 1. The van der Waals surface area contributed by atoms with E-state index in [2.05, 4.69) is 0 Å². The van der Waals surface area contributed by atoms with Crippen LogP contribution in [0.15, 0.2) is 54.6 Å². The number of carboxylic acids is 1. The average Bonchev–Trinajstić information content (AvgIpc) is 2.65. The van der Waals surface area contributed by atoms with Crippen molar-refractivity contribution in [2.24, 2.45) is 11.8 Å². The van der Waals surface area contributed by atoms with E-state index in [1.54, 1.807) is 7.11 Å². The van der Waals surface area contributed by atoms with Gasteiger partial charge >= 0.3 is 5.97 Å². The molecule has 0 aromatic heterocycles. The summed E-state index contributed by atoms with van der Waals surface area (Å²) in [6.45, 7) is 2.49. The van der Waals surface area contributed by atoms with Crippen molar-refractivity contribution in [3.05, 3.63) is 65.7 Å². The summed E-state index contributed by atoms with van der Waals surface area (Å²) in [4.78, 5) is 26.5. The van der Waals surface area contributed by atoms with Crippen molar-refractivity contribution in [1.82, 2.24) is 4.90 Å². The fourth-order valence-electron chi connectivity index (χ4n) is 3.84. The summed E-state index contributed by atoms with van der Waals surface area (Å²) >= 11 is 0. The summed E-state index contributed by atoms with van der Waals surface area (Å²) in [5.41, 5.74) is 2.07. The molecule has 0 radical (unpaired) electrons. The third kappa shape index (κ3) is 4.35. The lowest BCUT2D eigenvalue weighted by atomic mass is 9.72. The maximum Gasteiger partial charge on any atom is 0.307 e. The first-order chi connectivity index (χ1) is 13.5. The molecule has 2 aromatic carbocycles. The number of hydrogen-bond donors (Lipinski definition) is 1. The third-order valence-corrected chi connectivity index (χ3v) is 5.63. The number of aliphatic carboxylic acids is 1. The Morgan fingerprint density at radius 1 is 1.07 bits per heavy atom. The first kappa shape index (κ1) is 19.9. The van der Waals surface area contributed by atoms with Gasteiger partial charge in [0.25, 0.3) is 0 Å². The number of carboxylic acid groups (broad SMARTS) is 1. The molecule has 5 heteroatoms. The van der Waals surface area contributed by atoms with Crippen LogP contribution in [-0.4, -0.2) is 35.0 Å². The van der Waals surface area contributed by atoms with Crippen LogP contribution in [0.5, 0.6) is 5.75 Å². The summed E-state index contributed by atoms with van der Waals surface area (Å²) in [6.07, 6.45) is 1.86. The Kier molecular flexibility index (Phi) is 6.34. The number of nitrogens with zero attached hydrogens (tertiary/aromatic N) is 1. The molecule has 1 amide bonds. The molecule has 3 atom stereocenters. The van der Waals surface area contributed by atoms with Crippen molar-refractivity contribution in [3.8, 4) is 5.75 Å². The zero-order valence-corrected chi connectivity index (χ0v) is 16.4. The molecule has 1 aliphatic carbocycles.